The van der Waals surface area contributed by atoms with Crippen LogP contribution in [0.25, 0.3) is 0 Å². The van der Waals surface area contributed by atoms with Gasteiger partial charge in [0, 0.05) is 25.0 Å². The fourth-order valence-corrected chi connectivity index (χ4v) is 4.40. The van der Waals surface area contributed by atoms with E-state index in [0.717, 1.165) is 56.2 Å². The van der Waals surface area contributed by atoms with Crippen molar-refractivity contribution < 1.29 is 9.53 Å². The lowest BCUT2D eigenvalue weighted by Gasteiger charge is -2.31. The second-order valence-electron chi connectivity index (χ2n) is 7.64. The summed E-state index contributed by atoms with van der Waals surface area (Å²) in [5, 5.41) is 7.80. The molecule has 1 aromatic rings. The number of aryl methyl sites for hydroxylation is 1. The number of nitrogens with zero attached hydrogens (tertiary/aromatic N) is 1. The van der Waals surface area contributed by atoms with Crippen LogP contribution in [0.15, 0.2) is 29.3 Å². The number of para-hydroxylation sites is 1. The Hall–Kier alpha value is -1.53. The van der Waals surface area contributed by atoms with Crippen molar-refractivity contribution >= 4 is 22.0 Å². The molecule has 2 N–H and O–H groups in total. The van der Waals surface area contributed by atoms with Gasteiger partial charge < -0.3 is 15.4 Å². The topological polar surface area (TPSA) is 62.7 Å². The molecule has 0 aromatic heterocycles. The number of carbonyl (C=O) groups excluding carboxylic acids is 1. The molecule has 2 heterocycles. The van der Waals surface area contributed by atoms with Gasteiger partial charge >= 0.3 is 0 Å². The average Bonchev–Trinajstić information content (AvgIpc) is 2.59. The summed E-state index contributed by atoms with van der Waals surface area (Å²) in [6.45, 7) is 6.69. The molecule has 1 aromatic carbocycles. The molecule has 0 amide bonds. The Morgan fingerprint density at radius 2 is 2.19 bits per heavy atom. The lowest BCUT2D eigenvalue weighted by molar-refractivity contribution is -0.112. The van der Waals surface area contributed by atoms with Crippen LogP contribution in [-0.4, -0.2) is 41.6 Å². The number of thioether (sulfide) groups is 1. The Morgan fingerprint density at radius 3 is 3.04 bits per heavy atom. The Morgan fingerprint density at radius 1 is 1.35 bits per heavy atom. The Labute approximate surface area is 160 Å². The second kappa shape index (κ2) is 8.91. The summed E-state index contributed by atoms with van der Waals surface area (Å²) in [4.78, 5) is 16.2. The van der Waals surface area contributed by atoms with Crippen LogP contribution < -0.4 is 15.4 Å². The van der Waals surface area contributed by atoms with Crippen LogP contribution in [0.4, 0.5) is 0 Å². The van der Waals surface area contributed by atoms with E-state index in [-0.39, 0.29) is 16.8 Å². The number of ether oxygens (including phenoxy) is 1. The van der Waals surface area contributed by atoms with Crippen molar-refractivity contribution in [1.82, 2.24) is 10.6 Å². The molecule has 5 nitrogen and oxygen atoms in total. The van der Waals surface area contributed by atoms with Crippen LogP contribution in [0.3, 0.4) is 0 Å². The van der Waals surface area contributed by atoms with Crippen molar-refractivity contribution in [3.63, 3.8) is 0 Å². The fourth-order valence-electron chi connectivity index (χ4n) is 3.27. The van der Waals surface area contributed by atoms with Crippen LogP contribution >= 0.6 is 11.8 Å². The standard InChI is InChI=1S/C20H29N3O2S/c1-20(2)13-18(24)26-19(23-20)22-12-6-5-11-21-14-16-10-9-15-7-3-4-8-17(15)25-16/h3-4,7-8,16,21H,5-6,9-14H2,1-2H3,(H,22,23). The van der Waals surface area contributed by atoms with Gasteiger partial charge in [0.05, 0.1) is 0 Å². The lowest BCUT2D eigenvalue weighted by atomic mass is 10.0. The zero-order chi connectivity index (χ0) is 18.4. The molecule has 0 aliphatic carbocycles. The molecule has 1 fully saturated rings. The van der Waals surface area contributed by atoms with Gasteiger partial charge in [-0.3, -0.25) is 9.79 Å². The molecule has 26 heavy (non-hydrogen) atoms. The molecule has 1 atom stereocenters. The highest BCUT2D eigenvalue weighted by Crippen LogP contribution is 2.26. The minimum atomic E-state index is -0.179. The first-order valence-corrected chi connectivity index (χ1v) is 10.3. The highest BCUT2D eigenvalue weighted by molar-refractivity contribution is 8.26. The smallest absolute Gasteiger partial charge is 0.198 e. The lowest BCUT2D eigenvalue weighted by Crippen LogP contribution is -2.47. The van der Waals surface area contributed by atoms with Crippen molar-refractivity contribution in [2.75, 3.05) is 19.6 Å². The van der Waals surface area contributed by atoms with Gasteiger partial charge in [-0.15, -0.1) is 0 Å². The zero-order valence-electron chi connectivity index (χ0n) is 15.7. The van der Waals surface area contributed by atoms with Crippen LogP contribution in [0.1, 0.15) is 45.1 Å². The number of benzene rings is 1. The van der Waals surface area contributed by atoms with E-state index >= 15 is 0 Å². The normalized spacial score (nSPS) is 23.2. The van der Waals surface area contributed by atoms with Gasteiger partial charge in [0.1, 0.15) is 11.9 Å². The summed E-state index contributed by atoms with van der Waals surface area (Å²) in [6.07, 6.45) is 5.07. The van der Waals surface area contributed by atoms with E-state index in [1.165, 1.54) is 17.3 Å². The third-order valence-corrected chi connectivity index (χ3v) is 5.43. The third-order valence-electron chi connectivity index (χ3n) is 4.63. The van der Waals surface area contributed by atoms with Gasteiger partial charge in [0.15, 0.2) is 10.3 Å². The van der Waals surface area contributed by atoms with Gasteiger partial charge in [-0.2, -0.15) is 0 Å². The predicted molar refractivity (Wildman–Crippen MR) is 108 cm³/mol. The van der Waals surface area contributed by atoms with E-state index in [2.05, 4.69) is 33.8 Å². The van der Waals surface area contributed by atoms with Crippen molar-refractivity contribution in [1.29, 1.82) is 0 Å². The molecule has 0 saturated carbocycles. The van der Waals surface area contributed by atoms with E-state index in [9.17, 15) is 4.79 Å². The maximum atomic E-state index is 11.7. The number of carbonyl (C=O) groups is 1. The van der Waals surface area contributed by atoms with Gasteiger partial charge in [-0.1, -0.05) is 18.2 Å². The van der Waals surface area contributed by atoms with Crippen molar-refractivity contribution in [2.45, 2.75) is 57.6 Å². The van der Waals surface area contributed by atoms with E-state index in [4.69, 9.17) is 4.74 Å². The number of aliphatic imine (C=N–C) groups is 1. The van der Waals surface area contributed by atoms with E-state index in [1.54, 1.807) is 0 Å². The monoisotopic (exact) mass is 375 g/mol. The number of hydrogen-bond donors (Lipinski definition) is 2. The summed E-state index contributed by atoms with van der Waals surface area (Å²) in [5.41, 5.74) is 1.14. The number of amidine groups is 1. The number of hydrogen-bond acceptors (Lipinski definition) is 5. The Kier molecular flexibility index (Phi) is 6.59. The summed E-state index contributed by atoms with van der Waals surface area (Å²) in [6, 6.07) is 8.31. The molecule has 6 heteroatoms. The molecule has 1 saturated heterocycles. The summed E-state index contributed by atoms with van der Waals surface area (Å²) < 4.78 is 6.04. The maximum absolute atomic E-state index is 11.7. The van der Waals surface area contributed by atoms with Crippen molar-refractivity contribution in [3.05, 3.63) is 29.8 Å². The molecular formula is C20H29N3O2S. The van der Waals surface area contributed by atoms with E-state index in [0.29, 0.717) is 6.42 Å². The van der Waals surface area contributed by atoms with Gasteiger partial charge in [-0.25, -0.2) is 0 Å². The molecule has 142 valence electrons. The molecule has 2 aliphatic heterocycles. The van der Waals surface area contributed by atoms with Gasteiger partial charge in [-0.05, 0) is 69.5 Å². The Balaban J connectivity index is 1.28. The third kappa shape index (κ3) is 5.74. The summed E-state index contributed by atoms with van der Waals surface area (Å²) in [7, 11) is 0. The molecule has 3 rings (SSSR count). The largest absolute Gasteiger partial charge is 0.489 e. The first-order valence-electron chi connectivity index (χ1n) is 9.50. The molecule has 0 bridgehead atoms. The molecular weight excluding hydrogens is 346 g/mol. The van der Waals surface area contributed by atoms with Crippen LogP contribution in [0, 0.1) is 0 Å². The SMILES string of the molecule is CC1(C)CC(=O)SC(=NCCCCNCC2CCc3ccccc3O2)N1. The maximum Gasteiger partial charge on any atom is 0.198 e. The highest BCUT2D eigenvalue weighted by Gasteiger charge is 2.30. The minimum absolute atomic E-state index is 0.179. The predicted octanol–water partition coefficient (Wildman–Crippen LogP) is 3.14. The minimum Gasteiger partial charge on any atom is -0.489 e. The van der Waals surface area contributed by atoms with Crippen molar-refractivity contribution in [2.24, 2.45) is 4.99 Å². The molecule has 0 spiro atoms. The zero-order valence-corrected chi connectivity index (χ0v) is 16.5. The van der Waals surface area contributed by atoms with Gasteiger partial charge in [0.25, 0.3) is 0 Å². The fraction of sp³-hybridized carbons (Fsp3) is 0.600. The van der Waals surface area contributed by atoms with E-state index in [1.807, 2.05) is 19.9 Å². The Bertz CT molecular complexity index is 660. The first-order chi connectivity index (χ1) is 12.5. The quantitative estimate of drug-likeness (QED) is 0.717. The second-order valence-corrected chi connectivity index (χ2v) is 8.69. The molecule has 2 aliphatic rings. The number of fused-ring (bicyclic) bond motifs is 1. The number of unbranched alkanes of at least 4 members (excludes halogenated alkanes) is 1. The number of rotatable bonds is 7. The average molecular weight is 376 g/mol. The van der Waals surface area contributed by atoms with Crippen LogP contribution in [0.2, 0.25) is 0 Å². The van der Waals surface area contributed by atoms with E-state index < -0.39 is 0 Å². The van der Waals surface area contributed by atoms with Crippen molar-refractivity contribution in [3.8, 4) is 5.75 Å². The number of nitrogens with one attached hydrogen (secondary N) is 2. The first kappa shape index (κ1) is 19.2. The van der Waals surface area contributed by atoms with Crippen LogP contribution in [0.5, 0.6) is 5.75 Å². The summed E-state index contributed by atoms with van der Waals surface area (Å²) >= 11 is 1.24. The summed E-state index contributed by atoms with van der Waals surface area (Å²) in [5.74, 6) is 1.04. The highest BCUT2D eigenvalue weighted by atomic mass is 32.2. The molecule has 0 radical (unpaired) electrons. The molecule has 1 unspecified atom stereocenters. The van der Waals surface area contributed by atoms with Crippen LogP contribution in [-0.2, 0) is 11.2 Å². The van der Waals surface area contributed by atoms with Gasteiger partial charge in [0.2, 0.25) is 0 Å².